The molecule has 0 bridgehead atoms. The molecule has 0 radical (unpaired) electrons. The number of halogens is 1. The van der Waals surface area contributed by atoms with Gasteiger partial charge in [0.1, 0.15) is 0 Å². The van der Waals surface area contributed by atoms with E-state index in [9.17, 15) is 9.59 Å². The third kappa shape index (κ3) is 2.94. The van der Waals surface area contributed by atoms with Crippen LogP contribution < -0.4 is 11.1 Å². The zero-order valence-electron chi connectivity index (χ0n) is 11.5. The summed E-state index contributed by atoms with van der Waals surface area (Å²) in [4.78, 5) is 25.3. The van der Waals surface area contributed by atoms with Crippen LogP contribution in [0.3, 0.4) is 0 Å². The van der Waals surface area contributed by atoms with Gasteiger partial charge in [-0.1, -0.05) is 23.7 Å². The minimum atomic E-state index is -0.595. The number of benzene rings is 1. The van der Waals surface area contributed by atoms with Crippen LogP contribution in [0.1, 0.15) is 24.9 Å². The van der Waals surface area contributed by atoms with Gasteiger partial charge in [-0.15, -0.1) is 0 Å². The first-order valence-electron chi connectivity index (χ1n) is 6.47. The van der Waals surface area contributed by atoms with E-state index >= 15 is 0 Å². The molecule has 3 N–H and O–H groups in total. The van der Waals surface area contributed by atoms with Gasteiger partial charge in [-0.3, -0.25) is 9.59 Å². The van der Waals surface area contributed by atoms with E-state index < -0.39 is 6.04 Å². The van der Waals surface area contributed by atoms with Gasteiger partial charge in [0.2, 0.25) is 11.8 Å². The molecule has 1 aromatic rings. The van der Waals surface area contributed by atoms with E-state index in [1.54, 1.807) is 31.0 Å². The zero-order chi connectivity index (χ0) is 14.9. The van der Waals surface area contributed by atoms with E-state index in [0.29, 0.717) is 5.02 Å². The lowest BCUT2D eigenvalue weighted by Crippen LogP contribution is -2.45. The molecule has 1 aliphatic heterocycles. The second-order valence-corrected chi connectivity index (χ2v) is 5.55. The molecule has 0 aromatic heterocycles. The SMILES string of the molecule is CC(N)C(=O)NC1CC(=O)N(C)C1c1ccc(Cl)cc1. The summed E-state index contributed by atoms with van der Waals surface area (Å²) in [5.41, 5.74) is 6.50. The Morgan fingerprint density at radius 3 is 2.60 bits per heavy atom. The van der Waals surface area contributed by atoms with E-state index in [1.807, 2.05) is 12.1 Å². The van der Waals surface area contributed by atoms with Gasteiger partial charge >= 0.3 is 0 Å². The highest BCUT2D eigenvalue weighted by molar-refractivity contribution is 6.30. The van der Waals surface area contributed by atoms with Gasteiger partial charge in [0, 0.05) is 18.5 Å². The Labute approximate surface area is 123 Å². The summed E-state index contributed by atoms with van der Waals surface area (Å²) in [6, 6.07) is 6.23. The highest BCUT2D eigenvalue weighted by atomic mass is 35.5. The Kier molecular flexibility index (Phi) is 4.30. The monoisotopic (exact) mass is 295 g/mol. The highest BCUT2D eigenvalue weighted by Gasteiger charge is 2.39. The van der Waals surface area contributed by atoms with Crippen molar-refractivity contribution in [2.24, 2.45) is 5.73 Å². The van der Waals surface area contributed by atoms with Crippen molar-refractivity contribution < 1.29 is 9.59 Å². The maximum Gasteiger partial charge on any atom is 0.236 e. The Hall–Kier alpha value is -1.59. The van der Waals surface area contributed by atoms with Crippen molar-refractivity contribution in [2.75, 3.05) is 7.05 Å². The number of carbonyl (C=O) groups is 2. The van der Waals surface area contributed by atoms with Crippen LogP contribution in [0.4, 0.5) is 0 Å². The number of nitrogens with zero attached hydrogens (tertiary/aromatic N) is 1. The molecule has 3 unspecified atom stereocenters. The van der Waals surface area contributed by atoms with Gasteiger partial charge in [0.15, 0.2) is 0 Å². The summed E-state index contributed by atoms with van der Waals surface area (Å²) < 4.78 is 0. The van der Waals surface area contributed by atoms with Gasteiger partial charge < -0.3 is 16.0 Å². The molecule has 2 amide bonds. The molecule has 1 fully saturated rings. The Balaban J connectivity index is 2.24. The quantitative estimate of drug-likeness (QED) is 0.876. The lowest BCUT2D eigenvalue weighted by Gasteiger charge is -2.26. The molecule has 3 atom stereocenters. The van der Waals surface area contributed by atoms with Gasteiger partial charge in [0.25, 0.3) is 0 Å². The van der Waals surface area contributed by atoms with E-state index in [1.165, 1.54) is 0 Å². The number of nitrogens with one attached hydrogen (secondary N) is 1. The van der Waals surface area contributed by atoms with Crippen LogP contribution in [0.25, 0.3) is 0 Å². The summed E-state index contributed by atoms with van der Waals surface area (Å²) in [6.45, 7) is 1.62. The highest BCUT2D eigenvalue weighted by Crippen LogP contribution is 2.32. The summed E-state index contributed by atoms with van der Waals surface area (Å²) in [6.07, 6.45) is 0.280. The second-order valence-electron chi connectivity index (χ2n) is 5.11. The number of likely N-dealkylation sites (N-methyl/N-ethyl adjacent to an activating group) is 1. The number of hydrogen-bond donors (Lipinski definition) is 2. The van der Waals surface area contributed by atoms with Crippen molar-refractivity contribution in [1.29, 1.82) is 0 Å². The van der Waals surface area contributed by atoms with Crippen LogP contribution in [-0.2, 0) is 9.59 Å². The topological polar surface area (TPSA) is 75.4 Å². The molecular formula is C14H18ClN3O2. The molecule has 5 nitrogen and oxygen atoms in total. The van der Waals surface area contributed by atoms with Crippen molar-refractivity contribution in [2.45, 2.75) is 31.5 Å². The van der Waals surface area contributed by atoms with Crippen molar-refractivity contribution in [1.82, 2.24) is 10.2 Å². The molecule has 1 saturated heterocycles. The molecule has 108 valence electrons. The van der Waals surface area contributed by atoms with E-state index in [-0.39, 0.29) is 30.3 Å². The molecule has 2 rings (SSSR count). The maximum absolute atomic E-state index is 11.9. The summed E-state index contributed by atoms with van der Waals surface area (Å²) in [7, 11) is 1.74. The number of hydrogen-bond acceptors (Lipinski definition) is 3. The lowest BCUT2D eigenvalue weighted by molar-refractivity contribution is -0.127. The minimum absolute atomic E-state index is 0.0000699. The summed E-state index contributed by atoms with van der Waals surface area (Å²) >= 11 is 5.88. The van der Waals surface area contributed by atoms with Crippen LogP contribution in [0.15, 0.2) is 24.3 Å². The second kappa shape index (κ2) is 5.81. The third-order valence-electron chi connectivity index (χ3n) is 3.54. The number of likely N-dealkylation sites (tertiary alicyclic amines) is 1. The predicted molar refractivity (Wildman–Crippen MR) is 77.2 cm³/mol. The Morgan fingerprint density at radius 2 is 2.05 bits per heavy atom. The maximum atomic E-state index is 11.9. The molecular weight excluding hydrogens is 278 g/mol. The van der Waals surface area contributed by atoms with Gasteiger partial charge in [-0.2, -0.15) is 0 Å². The van der Waals surface area contributed by atoms with Gasteiger partial charge in [-0.25, -0.2) is 0 Å². The fourth-order valence-electron chi connectivity index (χ4n) is 2.43. The molecule has 20 heavy (non-hydrogen) atoms. The van der Waals surface area contributed by atoms with Gasteiger partial charge in [-0.05, 0) is 24.6 Å². The van der Waals surface area contributed by atoms with Crippen LogP contribution in [0.2, 0.25) is 5.02 Å². The van der Waals surface area contributed by atoms with Crippen LogP contribution in [-0.4, -0.2) is 35.8 Å². The van der Waals surface area contributed by atoms with Crippen molar-refractivity contribution in [3.05, 3.63) is 34.9 Å². The minimum Gasteiger partial charge on any atom is -0.349 e. The molecule has 0 saturated carbocycles. The van der Waals surface area contributed by atoms with Gasteiger partial charge in [0.05, 0.1) is 18.1 Å². The van der Waals surface area contributed by atoms with Crippen molar-refractivity contribution in [3.63, 3.8) is 0 Å². The summed E-state index contributed by atoms with van der Waals surface area (Å²) in [5, 5.41) is 3.48. The number of nitrogens with two attached hydrogens (primary N) is 1. The average Bonchev–Trinajstić information content (AvgIpc) is 2.66. The largest absolute Gasteiger partial charge is 0.349 e. The molecule has 1 aromatic carbocycles. The molecule has 0 spiro atoms. The summed E-state index contributed by atoms with van der Waals surface area (Å²) in [5.74, 6) is -0.253. The average molecular weight is 296 g/mol. The van der Waals surface area contributed by atoms with Crippen molar-refractivity contribution in [3.8, 4) is 0 Å². The Morgan fingerprint density at radius 1 is 1.45 bits per heavy atom. The fourth-order valence-corrected chi connectivity index (χ4v) is 2.55. The normalized spacial score (nSPS) is 23.8. The molecule has 0 aliphatic carbocycles. The van der Waals surface area contributed by atoms with Crippen molar-refractivity contribution >= 4 is 23.4 Å². The molecule has 1 aliphatic rings. The van der Waals surface area contributed by atoms with Crippen LogP contribution >= 0.6 is 11.6 Å². The zero-order valence-corrected chi connectivity index (χ0v) is 12.2. The van der Waals surface area contributed by atoms with E-state index in [4.69, 9.17) is 17.3 Å². The first-order chi connectivity index (χ1) is 9.40. The standard InChI is InChI=1S/C14H18ClN3O2/c1-8(16)14(20)17-11-7-12(19)18(2)13(11)9-3-5-10(15)6-4-9/h3-6,8,11,13H,7,16H2,1-2H3,(H,17,20). The lowest BCUT2D eigenvalue weighted by atomic mass is 10.00. The predicted octanol–water partition coefficient (Wildman–Crippen LogP) is 1.08. The number of rotatable bonds is 3. The number of carbonyl (C=O) groups excluding carboxylic acids is 2. The molecule has 6 heteroatoms. The molecule has 1 heterocycles. The number of amides is 2. The van der Waals surface area contributed by atoms with Crippen LogP contribution in [0, 0.1) is 0 Å². The Bertz CT molecular complexity index is 516. The first-order valence-corrected chi connectivity index (χ1v) is 6.85. The first kappa shape index (κ1) is 14.8. The third-order valence-corrected chi connectivity index (χ3v) is 3.79. The van der Waals surface area contributed by atoms with Crippen LogP contribution in [0.5, 0.6) is 0 Å². The fraction of sp³-hybridized carbons (Fsp3) is 0.429. The van der Waals surface area contributed by atoms with E-state index in [2.05, 4.69) is 5.32 Å². The smallest absolute Gasteiger partial charge is 0.236 e. The van der Waals surface area contributed by atoms with E-state index in [0.717, 1.165) is 5.56 Å².